The second-order valence-electron chi connectivity index (χ2n) is 8.74. The summed E-state index contributed by atoms with van der Waals surface area (Å²) in [5, 5.41) is 15.7. The van der Waals surface area contributed by atoms with E-state index in [0.29, 0.717) is 23.9 Å². The quantitative estimate of drug-likeness (QED) is 0.494. The number of hydrogen-bond donors (Lipinski definition) is 1. The van der Waals surface area contributed by atoms with E-state index >= 15 is 0 Å². The minimum atomic E-state index is -0.910. The van der Waals surface area contributed by atoms with Gasteiger partial charge < -0.3 is 9.67 Å². The molecule has 5 rings (SSSR count). The van der Waals surface area contributed by atoms with E-state index in [4.69, 9.17) is 0 Å². The van der Waals surface area contributed by atoms with Crippen LogP contribution in [0.4, 0.5) is 0 Å². The highest BCUT2D eigenvalue weighted by Gasteiger charge is 2.33. The number of imidazole rings is 1. The minimum Gasteiger partial charge on any atom is -0.388 e. The van der Waals surface area contributed by atoms with Crippen LogP contribution >= 0.6 is 0 Å². The van der Waals surface area contributed by atoms with Crippen LogP contribution in [-0.2, 0) is 26.7 Å². The zero-order valence-electron chi connectivity index (χ0n) is 18.1. The molecule has 9 nitrogen and oxygen atoms in total. The van der Waals surface area contributed by atoms with Gasteiger partial charge in [-0.1, -0.05) is 24.3 Å². The molecule has 0 spiro atoms. The van der Waals surface area contributed by atoms with Crippen LogP contribution in [0.2, 0.25) is 0 Å². The lowest BCUT2D eigenvalue weighted by molar-refractivity contribution is -0.0364. The number of rotatable bonds is 6. The van der Waals surface area contributed by atoms with Crippen molar-refractivity contribution in [2.24, 2.45) is 7.05 Å². The van der Waals surface area contributed by atoms with Gasteiger partial charge in [-0.05, 0) is 24.0 Å². The predicted octanol–water partition coefficient (Wildman–Crippen LogP) is 1.40. The number of aryl methyl sites for hydroxylation is 1. The second kappa shape index (κ2) is 8.33. The number of benzene rings is 1. The monoisotopic (exact) mass is 433 g/mol. The fourth-order valence-corrected chi connectivity index (χ4v) is 4.38. The van der Waals surface area contributed by atoms with Gasteiger partial charge in [-0.3, -0.25) is 18.9 Å². The van der Waals surface area contributed by atoms with Crippen molar-refractivity contribution in [1.82, 2.24) is 33.8 Å². The minimum absolute atomic E-state index is 0.158. The van der Waals surface area contributed by atoms with Crippen LogP contribution in [0.3, 0.4) is 0 Å². The number of nitrogens with zero attached hydrogens (tertiary/aromatic N) is 7. The Hall–Kier alpha value is -3.30. The highest BCUT2D eigenvalue weighted by Crippen LogP contribution is 2.25. The van der Waals surface area contributed by atoms with Crippen LogP contribution in [0, 0.1) is 0 Å². The number of hydrogen-bond acceptors (Lipinski definition) is 6. The van der Waals surface area contributed by atoms with Gasteiger partial charge in [0.1, 0.15) is 11.7 Å². The Balaban J connectivity index is 1.18. The number of likely N-dealkylation sites (tertiary alicyclic amines) is 1. The molecule has 1 fully saturated rings. The molecular formula is C23H27N7O2. The van der Waals surface area contributed by atoms with Gasteiger partial charge >= 0.3 is 0 Å². The van der Waals surface area contributed by atoms with Crippen molar-refractivity contribution in [3.63, 3.8) is 0 Å². The number of aliphatic hydroxyl groups is 1. The number of piperidine rings is 1. The van der Waals surface area contributed by atoms with E-state index in [2.05, 4.69) is 44.2 Å². The normalized spacial score (nSPS) is 16.6. The maximum absolute atomic E-state index is 12.7. The fraction of sp³-hybridized carbons (Fsp3) is 0.391. The first-order valence-electron chi connectivity index (χ1n) is 10.8. The Morgan fingerprint density at radius 2 is 1.78 bits per heavy atom. The van der Waals surface area contributed by atoms with Gasteiger partial charge in [0.15, 0.2) is 5.65 Å². The topological polar surface area (TPSA) is 94.0 Å². The molecule has 0 radical (unpaired) electrons. The summed E-state index contributed by atoms with van der Waals surface area (Å²) >= 11 is 0. The summed E-state index contributed by atoms with van der Waals surface area (Å²) in [6, 6.07) is 8.65. The van der Waals surface area contributed by atoms with E-state index in [1.807, 2.05) is 17.1 Å². The van der Waals surface area contributed by atoms with Crippen molar-refractivity contribution in [2.75, 3.05) is 13.1 Å². The molecule has 0 atom stereocenters. The van der Waals surface area contributed by atoms with Crippen molar-refractivity contribution in [1.29, 1.82) is 0 Å². The van der Waals surface area contributed by atoms with Crippen LogP contribution < -0.4 is 5.56 Å². The van der Waals surface area contributed by atoms with Gasteiger partial charge in [0.05, 0.1) is 24.7 Å². The maximum atomic E-state index is 12.7. The third-order valence-electron chi connectivity index (χ3n) is 6.32. The predicted molar refractivity (Wildman–Crippen MR) is 120 cm³/mol. The summed E-state index contributed by atoms with van der Waals surface area (Å²) in [7, 11) is 1.76. The lowest BCUT2D eigenvalue weighted by atomic mass is 9.91. The largest absolute Gasteiger partial charge is 0.388 e. The summed E-state index contributed by atoms with van der Waals surface area (Å²) in [6.45, 7) is 3.48. The SMILES string of the molecule is Cn1ncc2c(=O)n(CC3(O)CCN(Cc4ccc(Cn5ccnc5)cc4)CC3)cnc21. The Labute approximate surface area is 185 Å². The molecule has 32 heavy (non-hydrogen) atoms. The molecule has 0 unspecified atom stereocenters. The molecule has 4 heterocycles. The van der Waals surface area contributed by atoms with E-state index in [-0.39, 0.29) is 12.1 Å². The van der Waals surface area contributed by atoms with Crippen molar-refractivity contribution in [3.05, 3.63) is 77.0 Å². The first-order valence-corrected chi connectivity index (χ1v) is 10.8. The van der Waals surface area contributed by atoms with E-state index in [1.165, 1.54) is 28.2 Å². The fourth-order valence-electron chi connectivity index (χ4n) is 4.38. The molecule has 1 aromatic carbocycles. The molecule has 1 N–H and O–H groups in total. The van der Waals surface area contributed by atoms with Crippen molar-refractivity contribution in [3.8, 4) is 0 Å². The summed E-state index contributed by atoms with van der Waals surface area (Å²) in [5.74, 6) is 0. The molecule has 0 aliphatic carbocycles. The molecule has 9 heteroatoms. The van der Waals surface area contributed by atoms with Gasteiger partial charge in [-0.15, -0.1) is 0 Å². The summed E-state index contributed by atoms with van der Waals surface area (Å²) in [4.78, 5) is 23.5. The molecule has 0 amide bonds. The van der Waals surface area contributed by atoms with Gasteiger partial charge in [-0.2, -0.15) is 5.10 Å². The maximum Gasteiger partial charge on any atom is 0.264 e. The zero-order chi connectivity index (χ0) is 22.1. The summed E-state index contributed by atoms with van der Waals surface area (Å²) < 4.78 is 5.14. The van der Waals surface area contributed by atoms with E-state index < -0.39 is 5.60 Å². The Kier molecular flexibility index (Phi) is 5.36. The standard InChI is InChI=1S/C23H27N7O2/c1-27-21-20(12-26-27)22(31)30(17-25-21)15-23(32)6-9-28(10-7-23)13-18-2-4-19(5-3-18)14-29-11-8-24-16-29/h2-5,8,11-12,16-17,32H,6-7,9-10,13-15H2,1H3. The average Bonchev–Trinajstić information content (AvgIpc) is 3.44. The first-order chi connectivity index (χ1) is 15.5. The molecule has 0 bridgehead atoms. The van der Waals surface area contributed by atoms with E-state index in [1.54, 1.807) is 17.9 Å². The molecule has 166 valence electrons. The molecule has 0 saturated carbocycles. The Morgan fingerprint density at radius 1 is 1.06 bits per heavy atom. The van der Waals surface area contributed by atoms with Crippen molar-refractivity contribution < 1.29 is 5.11 Å². The van der Waals surface area contributed by atoms with Crippen LogP contribution in [-0.4, -0.2) is 57.6 Å². The molecular weight excluding hydrogens is 406 g/mol. The molecule has 1 saturated heterocycles. The Morgan fingerprint density at radius 3 is 2.47 bits per heavy atom. The number of aromatic nitrogens is 6. The lowest BCUT2D eigenvalue weighted by Gasteiger charge is -2.38. The molecule has 3 aromatic heterocycles. The lowest BCUT2D eigenvalue weighted by Crippen LogP contribution is -2.47. The summed E-state index contributed by atoms with van der Waals surface area (Å²) in [6.07, 6.45) is 9.85. The third kappa shape index (κ3) is 4.21. The van der Waals surface area contributed by atoms with Crippen molar-refractivity contribution >= 4 is 11.0 Å². The van der Waals surface area contributed by atoms with E-state index in [9.17, 15) is 9.90 Å². The highest BCUT2D eigenvalue weighted by atomic mass is 16.3. The van der Waals surface area contributed by atoms with Gasteiger partial charge in [0.25, 0.3) is 5.56 Å². The second-order valence-corrected chi connectivity index (χ2v) is 8.74. The van der Waals surface area contributed by atoms with E-state index in [0.717, 1.165) is 26.2 Å². The van der Waals surface area contributed by atoms with Gasteiger partial charge in [0.2, 0.25) is 0 Å². The Bertz CT molecular complexity index is 1250. The molecule has 1 aliphatic rings. The molecule has 1 aliphatic heterocycles. The van der Waals surface area contributed by atoms with Crippen LogP contribution in [0.1, 0.15) is 24.0 Å². The zero-order valence-corrected chi connectivity index (χ0v) is 18.1. The average molecular weight is 434 g/mol. The van der Waals surface area contributed by atoms with Gasteiger partial charge in [0, 0.05) is 45.6 Å². The van der Waals surface area contributed by atoms with Crippen LogP contribution in [0.5, 0.6) is 0 Å². The van der Waals surface area contributed by atoms with Crippen LogP contribution in [0.15, 0.2) is 60.3 Å². The molecule has 4 aromatic rings. The highest BCUT2D eigenvalue weighted by molar-refractivity contribution is 5.72. The third-order valence-corrected chi connectivity index (χ3v) is 6.32. The first kappa shape index (κ1) is 20.6. The van der Waals surface area contributed by atoms with Crippen LogP contribution in [0.25, 0.3) is 11.0 Å². The van der Waals surface area contributed by atoms with Crippen molar-refractivity contribution in [2.45, 2.75) is 38.1 Å². The summed E-state index contributed by atoms with van der Waals surface area (Å²) in [5.41, 5.74) is 1.99. The van der Waals surface area contributed by atoms with Gasteiger partial charge in [-0.25, -0.2) is 9.97 Å². The smallest absolute Gasteiger partial charge is 0.264 e. The number of fused-ring (bicyclic) bond motifs is 1.